The second-order valence-corrected chi connectivity index (χ2v) is 7.26. The van der Waals surface area contributed by atoms with Crippen molar-refractivity contribution in [2.24, 2.45) is 10.4 Å². The predicted octanol–water partition coefficient (Wildman–Crippen LogP) is 3.09. The minimum absolute atomic E-state index is 0.182. The monoisotopic (exact) mass is 377 g/mol. The Hall–Kier alpha value is -1.95. The topological polar surface area (TPSA) is 75.1 Å². The largest absolute Gasteiger partial charge is 0.497 e. The Balaban J connectivity index is 2.05. The van der Waals surface area contributed by atoms with Gasteiger partial charge in [0.15, 0.2) is 5.96 Å². The molecule has 152 valence electrons. The van der Waals surface area contributed by atoms with Crippen LogP contribution in [0.15, 0.2) is 23.2 Å². The number of benzene rings is 1. The summed E-state index contributed by atoms with van der Waals surface area (Å²) in [6, 6.07) is 5.79. The van der Waals surface area contributed by atoms with Crippen LogP contribution in [-0.4, -0.2) is 45.0 Å². The van der Waals surface area contributed by atoms with Gasteiger partial charge >= 0.3 is 0 Å². The average molecular weight is 378 g/mol. The van der Waals surface area contributed by atoms with Gasteiger partial charge in [0.25, 0.3) is 0 Å². The van der Waals surface area contributed by atoms with Gasteiger partial charge in [-0.15, -0.1) is 0 Å². The molecule has 0 spiro atoms. The summed E-state index contributed by atoms with van der Waals surface area (Å²) in [6.07, 6.45) is 7.00. The maximum atomic E-state index is 9.51. The lowest BCUT2D eigenvalue weighted by Gasteiger charge is -2.37. The number of aliphatic hydroxyl groups is 1. The van der Waals surface area contributed by atoms with Gasteiger partial charge in [-0.2, -0.15) is 0 Å². The molecule has 0 saturated heterocycles. The summed E-state index contributed by atoms with van der Waals surface area (Å²) < 4.78 is 10.7. The average Bonchev–Trinajstić information content (AvgIpc) is 2.71. The van der Waals surface area contributed by atoms with E-state index < -0.39 is 0 Å². The molecule has 1 aliphatic carbocycles. The molecule has 1 aromatic carbocycles. The second-order valence-electron chi connectivity index (χ2n) is 7.26. The molecule has 0 amide bonds. The highest BCUT2D eigenvalue weighted by atomic mass is 16.5. The minimum atomic E-state index is 0.182. The van der Waals surface area contributed by atoms with Gasteiger partial charge in [-0.1, -0.05) is 19.3 Å². The van der Waals surface area contributed by atoms with E-state index in [0.717, 1.165) is 42.5 Å². The van der Waals surface area contributed by atoms with Crippen LogP contribution in [-0.2, 0) is 6.54 Å². The van der Waals surface area contributed by atoms with E-state index in [4.69, 9.17) is 14.5 Å². The summed E-state index contributed by atoms with van der Waals surface area (Å²) in [5.74, 6) is 2.35. The standard InChI is InChI=1S/C21H35N3O3/c1-4-22-20(24-16-21(12-13-25)10-6-5-7-11-21)23-15-17-8-9-18(26-2)14-19(17)27-3/h8-9,14,25H,4-7,10-13,15-16H2,1-3H3,(H2,22,23,24). The molecule has 0 unspecified atom stereocenters. The Morgan fingerprint density at radius 1 is 1.15 bits per heavy atom. The molecule has 1 aliphatic rings. The fourth-order valence-corrected chi connectivity index (χ4v) is 3.81. The third kappa shape index (κ3) is 6.31. The quantitative estimate of drug-likeness (QED) is 0.455. The van der Waals surface area contributed by atoms with Crippen molar-refractivity contribution in [1.29, 1.82) is 0 Å². The molecule has 2 rings (SSSR count). The van der Waals surface area contributed by atoms with Crippen LogP contribution < -0.4 is 20.1 Å². The zero-order chi connectivity index (χ0) is 19.5. The SMILES string of the molecule is CCNC(=NCc1ccc(OC)cc1OC)NCC1(CCO)CCCCC1. The molecule has 1 saturated carbocycles. The minimum Gasteiger partial charge on any atom is -0.497 e. The van der Waals surface area contributed by atoms with Crippen LogP contribution in [0, 0.1) is 5.41 Å². The van der Waals surface area contributed by atoms with Gasteiger partial charge in [-0.3, -0.25) is 0 Å². The molecule has 6 nitrogen and oxygen atoms in total. The first kappa shape index (κ1) is 21.4. The van der Waals surface area contributed by atoms with Gasteiger partial charge in [-0.05, 0) is 43.7 Å². The maximum absolute atomic E-state index is 9.51. The predicted molar refractivity (Wildman–Crippen MR) is 110 cm³/mol. The molecule has 3 N–H and O–H groups in total. The second kappa shape index (κ2) is 11.0. The summed E-state index contributed by atoms with van der Waals surface area (Å²) in [5, 5.41) is 16.3. The molecule has 0 aliphatic heterocycles. The number of rotatable bonds is 9. The van der Waals surface area contributed by atoms with Crippen molar-refractivity contribution in [2.45, 2.75) is 52.0 Å². The number of hydrogen-bond donors (Lipinski definition) is 3. The number of hydrogen-bond acceptors (Lipinski definition) is 4. The van der Waals surface area contributed by atoms with Gasteiger partial charge in [0.05, 0.1) is 20.8 Å². The molecular weight excluding hydrogens is 342 g/mol. The summed E-state index contributed by atoms with van der Waals surface area (Å²) in [4.78, 5) is 4.73. The summed E-state index contributed by atoms with van der Waals surface area (Å²) in [6.45, 7) is 4.49. The number of methoxy groups -OCH3 is 2. The molecule has 0 heterocycles. The van der Waals surface area contributed by atoms with Crippen molar-refractivity contribution >= 4 is 5.96 Å². The zero-order valence-electron chi connectivity index (χ0n) is 17.0. The number of nitrogens with one attached hydrogen (secondary N) is 2. The lowest BCUT2D eigenvalue weighted by atomic mass is 9.72. The Morgan fingerprint density at radius 2 is 1.93 bits per heavy atom. The molecule has 0 bridgehead atoms. The third-order valence-corrected chi connectivity index (χ3v) is 5.43. The van der Waals surface area contributed by atoms with E-state index in [0.29, 0.717) is 6.54 Å². The normalized spacial score (nSPS) is 16.7. The lowest BCUT2D eigenvalue weighted by Crippen LogP contribution is -2.44. The Morgan fingerprint density at radius 3 is 2.56 bits per heavy atom. The molecule has 0 atom stereocenters. The molecule has 1 fully saturated rings. The van der Waals surface area contributed by atoms with Crippen LogP contribution in [0.3, 0.4) is 0 Å². The lowest BCUT2D eigenvalue weighted by molar-refractivity contribution is 0.131. The fraction of sp³-hybridized carbons (Fsp3) is 0.667. The van der Waals surface area contributed by atoms with Crippen molar-refractivity contribution in [3.8, 4) is 11.5 Å². The fourth-order valence-electron chi connectivity index (χ4n) is 3.81. The van der Waals surface area contributed by atoms with Crippen LogP contribution in [0.4, 0.5) is 0 Å². The van der Waals surface area contributed by atoms with Crippen LogP contribution >= 0.6 is 0 Å². The Labute approximate surface area is 163 Å². The Kier molecular flexibility index (Phi) is 8.72. The van der Waals surface area contributed by atoms with Gasteiger partial charge in [0, 0.05) is 31.3 Å². The summed E-state index contributed by atoms with van der Waals surface area (Å²) in [7, 11) is 3.31. The van der Waals surface area contributed by atoms with E-state index in [9.17, 15) is 5.11 Å². The Bertz CT molecular complexity index is 593. The van der Waals surface area contributed by atoms with Crippen molar-refractivity contribution < 1.29 is 14.6 Å². The number of aliphatic imine (C=N–C) groups is 1. The number of nitrogens with zero attached hydrogens (tertiary/aromatic N) is 1. The first-order valence-electron chi connectivity index (χ1n) is 10.0. The van der Waals surface area contributed by atoms with E-state index in [1.807, 2.05) is 18.2 Å². The van der Waals surface area contributed by atoms with Crippen molar-refractivity contribution in [2.75, 3.05) is 33.9 Å². The number of guanidine groups is 1. The van der Waals surface area contributed by atoms with Gasteiger partial charge < -0.3 is 25.2 Å². The van der Waals surface area contributed by atoms with Crippen molar-refractivity contribution in [3.63, 3.8) is 0 Å². The highest BCUT2D eigenvalue weighted by Crippen LogP contribution is 2.38. The van der Waals surface area contributed by atoms with Crippen molar-refractivity contribution in [1.82, 2.24) is 10.6 Å². The summed E-state index contributed by atoms with van der Waals surface area (Å²) >= 11 is 0. The number of ether oxygens (including phenoxy) is 2. The molecule has 27 heavy (non-hydrogen) atoms. The highest BCUT2D eigenvalue weighted by Gasteiger charge is 2.31. The van der Waals surface area contributed by atoms with E-state index in [1.54, 1.807) is 14.2 Å². The highest BCUT2D eigenvalue weighted by molar-refractivity contribution is 5.79. The first-order chi connectivity index (χ1) is 13.2. The van der Waals surface area contributed by atoms with E-state index in [1.165, 1.54) is 32.1 Å². The zero-order valence-corrected chi connectivity index (χ0v) is 17.0. The third-order valence-electron chi connectivity index (χ3n) is 5.43. The molecule has 1 aromatic rings. The van der Waals surface area contributed by atoms with Crippen LogP contribution in [0.25, 0.3) is 0 Å². The van der Waals surface area contributed by atoms with Crippen LogP contribution in [0.2, 0.25) is 0 Å². The van der Waals surface area contributed by atoms with E-state index in [2.05, 4.69) is 17.6 Å². The molecule has 6 heteroatoms. The molecule has 0 aromatic heterocycles. The van der Waals surface area contributed by atoms with Gasteiger partial charge in [-0.25, -0.2) is 4.99 Å². The molecular formula is C21H35N3O3. The first-order valence-corrected chi connectivity index (χ1v) is 10.0. The van der Waals surface area contributed by atoms with E-state index in [-0.39, 0.29) is 12.0 Å². The van der Waals surface area contributed by atoms with E-state index >= 15 is 0 Å². The van der Waals surface area contributed by atoms with Crippen LogP contribution in [0.5, 0.6) is 11.5 Å². The molecule has 0 radical (unpaired) electrons. The maximum Gasteiger partial charge on any atom is 0.191 e. The number of aliphatic hydroxyl groups excluding tert-OH is 1. The van der Waals surface area contributed by atoms with Gasteiger partial charge in [0.1, 0.15) is 11.5 Å². The smallest absolute Gasteiger partial charge is 0.191 e. The van der Waals surface area contributed by atoms with Crippen molar-refractivity contribution in [3.05, 3.63) is 23.8 Å². The van der Waals surface area contributed by atoms with Crippen LogP contribution in [0.1, 0.15) is 51.0 Å². The van der Waals surface area contributed by atoms with Gasteiger partial charge in [0.2, 0.25) is 0 Å². The summed E-state index contributed by atoms with van der Waals surface area (Å²) in [5.41, 5.74) is 1.19.